The molecule has 2 atom stereocenters. The maximum absolute atomic E-state index is 11.7. The zero-order valence-corrected chi connectivity index (χ0v) is 14.4. The predicted molar refractivity (Wildman–Crippen MR) is 98.3 cm³/mol. The van der Waals surface area contributed by atoms with E-state index in [0.29, 0.717) is 30.0 Å². The number of aldehydes is 1. The summed E-state index contributed by atoms with van der Waals surface area (Å²) in [6.45, 7) is 2.45. The molecule has 6 heteroatoms. The Labute approximate surface area is 150 Å². The summed E-state index contributed by atoms with van der Waals surface area (Å²) >= 11 is 0. The molecule has 132 valence electrons. The van der Waals surface area contributed by atoms with Gasteiger partial charge in [-0.3, -0.25) is 14.6 Å². The molecule has 3 aromatic rings. The van der Waals surface area contributed by atoms with Crippen LogP contribution < -0.4 is 10.1 Å². The van der Waals surface area contributed by atoms with Gasteiger partial charge in [0, 0.05) is 29.8 Å². The smallest absolute Gasteiger partial charge is 0.222 e. The number of benzene rings is 1. The van der Waals surface area contributed by atoms with E-state index in [9.17, 15) is 9.59 Å². The van der Waals surface area contributed by atoms with Crippen molar-refractivity contribution in [3.63, 3.8) is 0 Å². The molecule has 1 N–H and O–H groups in total. The molecular formula is C20H19N3O3. The first-order chi connectivity index (χ1) is 12.7. The van der Waals surface area contributed by atoms with Gasteiger partial charge < -0.3 is 10.1 Å². The van der Waals surface area contributed by atoms with Crippen molar-refractivity contribution in [2.75, 3.05) is 6.61 Å². The Kier molecular flexibility index (Phi) is 4.24. The molecule has 1 aliphatic heterocycles. The number of carbonyl (C=O) groups excluding carboxylic acids is 2. The third-order valence-corrected chi connectivity index (χ3v) is 5.02. The Bertz CT molecular complexity index is 1000. The lowest BCUT2D eigenvalue weighted by Gasteiger charge is -2.18. The molecule has 1 aromatic carbocycles. The molecule has 0 radical (unpaired) electrons. The maximum Gasteiger partial charge on any atom is 0.222 e. The van der Waals surface area contributed by atoms with Crippen molar-refractivity contribution in [3.8, 4) is 5.88 Å². The van der Waals surface area contributed by atoms with E-state index in [2.05, 4.69) is 22.2 Å². The van der Waals surface area contributed by atoms with Crippen LogP contribution in [0.1, 0.15) is 30.1 Å². The number of ether oxygens (including phenoxy) is 1. The van der Waals surface area contributed by atoms with Crippen molar-refractivity contribution in [1.82, 2.24) is 15.3 Å². The van der Waals surface area contributed by atoms with Gasteiger partial charge in [-0.2, -0.15) is 0 Å². The topological polar surface area (TPSA) is 81.2 Å². The van der Waals surface area contributed by atoms with Gasteiger partial charge in [-0.05, 0) is 29.5 Å². The summed E-state index contributed by atoms with van der Waals surface area (Å²) in [7, 11) is 0. The van der Waals surface area contributed by atoms with Crippen molar-refractivity contribution in [2.24, 2.45) is 5.92 Å². The molecule has 1 fully saturated rings. The average molecular weight is 349 g/mol. The third kappa shape index (κ3) is 2.77. The Morgan fingerprint density at radius 3 is 3.00 bits per heavy atom. The molecule has 2 aromatic heterocycles. The van der Waals surface area contributed by atoms with Gasteiger partial charge in [0.1, 0.15) is 6.61 Å². The number of nitrogens with one attached hydrogen (secondary N) is 1. The molecule has 4 rings (SSSR count). The van der Waals surface area contributed by atoms with Crippen LogP contribution in [0.25, 0.3) is 21.7 Å². The van der Waals surface area contributed by atoms with Crippen LogP contribution in [0.5, 0.6) is 5.88 Å². The van der Waals surface area contributed by atoms with Gasteiger partial charge in [-0.1, -0.05) is 19.4 Å². The Balaban J connectivity index is 1.75. The summed E-state index contributed by atoms with van der Waals surface area (Å²) in [6, 6.07) is 7.39. The number of carbonyl (C=O) groups is 2. The summed E-state index contributed by atoms with van der Waals surface area (Å²) < 4.78 is 6.02. The Hall–Kier alpha value is -3.02. The fourth-order valence-electron chi connectivity index (χ4n) is 3.66. The Morgan fingerprint density at radius 1 is 1.31 bits per heavy atom. The van der Waals surface area contributed by atoms with E-state index in [0.717, 1.165) is 28.9 Å². The molecule has 1 saturated heterocycles. The number of rotatable bonds is 5. The zero-order chi connectivity index (χ0) is 18.1. The highest BCUT2D eigenvalue weighted by Gasteiger charge is 2.31. The van der Waals surface area contributed by atoms with Crippen LogP contribution in [0, 0.1) is 5.92 Å². The van der Waals surface area contributed by atoms with Gasteiger partial charge in [0.2, 0.25) is 11.8 Å². The second-order valence-corrected chi connectivity index (χ2v) is 6.55. The van der Waals surface area contributed by atoms with E-state index >= 15 is 0 Å². The third-order valence-electron chi connectivity index (χ3n) is 5.02. The van der Waals surface area contributed by atoms with Crippen molar-refractivity contribution in [3.05, 3.63) is 42.2 Å². The van der Waals surface area contributed by atoms with Crippen molar-refractivity contribution < 1.29 is 14.3 Å². The molecule has 3 heterocycles. The standard InChI is InChI=1S/C20H19N3O3/c1-2-12-9-17(25)23-16(12)11-26-20-18-13(5-7-22-20)8-14(10-24)19-15(18)4-3-6-21-19/h3-8,10,12,16H,2,9,11H2,1H3,(H,23,25). The number of hydrogen-bond acceptors (Lipinski definition) is 5. The van der Waals surface area contributed by atoms with E-state index in [4.69, 9.17) is 4.74 Å². The predicted octanol–water partition coefficient (Wildman–Crippen LogP) is 2.89. The minimum absolute atomic E-state index is 0.0109. The van der Waals surface area contributed by atoms with E-state index in [1.807, 2.05) is 18.2 Å². The van der Waals surface area contributed by atoms with E-state index < -0.39 is 0 Å². The summed E-state index contributed by atoms with van der Waals surface area (Å²) in [5.41, 5.74) is 1.17. The molecule has 0 saturated carbocycles. The van der Waals surface area contributed by atoms with Crippen LogP contribution in [0.4, 0.5) is 0 Å². The second kappa shape index (κ2) is 6.71. The second-order valence-electron chi connectivity index (χ2n) is 6.55. The number of aromatic nitrogens is 2. The van der Waals surface area contributed by atoms with Gasteiger partial charge in [0.25, 0.3) is 0 Å². The largest absolute Gasteiger partial charge is 0.475 e. The molecule has 6 nitrogen and oxygen atoms in total. The van der Waals surface area contributed by atoms with Crippen LogP contribution >= 0.6 is 0 Å². The number of hydrogen-bond donors (Lipinski definition) is 1. The van der Waals surface area contributed by atoms with Crippen molar-refractivity contribution in [2.45, 2.75) is 25.8 Å². The SMILES string of the molecule is CCC1CC(=O)NC1COc1nccc2cc(C=O)c3ncccc3c12. The summed E-state index contributed by atoms with van der Waals surface area (Å²) in [4.78, 5) is 31.8. The van der Waals surface area contributed by atoms with E-state index in [1.54, 1.807) is 18.5 Å². The Morgan fingerprint density at radius 2 is 2.19 bits per heavy atom. The lowest BCUT2D eigenvalue weighted by molar-refractivity contribution is -0.119. The quantitative estimate of drug-likeness (QED) is 0.566. The number of nitrogens with zero attached hydrogens (tertiary/aromatic N) is 2. The van der Waals surface area contributed by atoms with Crippen molar-refractivity contribution in [1.29, 1.82) is 0 Å². The maximum atomic E-state index is 11.7. The highest BCUT2D eigenvalue weighted by molar-refractivity contribution is 6.13. The minimum atomic E-state index is -0.0109. The fraction of sp³-hybridized carbons (Fsp3) is 0.300. The lowest BCUT2D eigenvalue weighted by Crippen LogP contribution is -2.34. The molecule has 2 unspecified atom stereocenters. The van der Waals surface area contributed by atoms with Gasteiger partial charge in [-0.25, -0.2) is 4.98 Å². The number of amides is 1. The van der Waals surface area contributed by atoms with Gasteiger partial charge in [-0.15, -0.1) is 0 Å². The van der Waals surface area contributed by atoms with Crippen LogP contribution in [0.2, 0.25) is 0 Å². The molecule has 1 aliphatic rings. The number of pyridine rings is 2. The highest BCUT2D eigenvalue weighted by atomic mass is 16.5. The van der Waals surface area contributed by atoms with Gasteiger partial charge >= 0.3 is 0 Å². The van der Waals surface area contributed by atoms with Crippen LogP contribution in [-0.4, -0.2) is 34.8 Å². The monoisotopic (exact) mass is 349 g/mol. The zero-order valence-electron chi connectivity index (χ0n) is 14.4. The molecule has 1 amide bonds. The molecular weight excluding hydrogens is 330 g/mol. The molecule has 0 aliphatic carbocycles. The first-order valence-electron chi connectivity index (χ1n) is 8.75. The molecule has 26 heavy (non-hydrogen) atoms. The van der Waals surface area contributed by atoms with E-state index in [1.165, 1.54) is 0 Å². The summed E-state index contributed by atoms with van der Waals surface area (Å²) in [6.07, 6.45) is 5.61. The highest BCUT2D eigenvalue weighted by Crippen LogP contribution is 2.32. The number of fused-ring (bicyclic) bond motifs is 3. The lowest BCUT2D eigenvalue weighted by atomic mass is 9.98. The van der Waals surface area contributed by atoms with Crippen LogP contribution in [0.3, 0.4) is 0 Å². The first kappa shape index (κ1) is 16.4. The van der Waals surface area contributed by atoms with Gasteiger partial charge in [0.05, 0.1) is 16.9 Å². The first-order valence-corrected chi connectivity index (χ1v) is 8.75. The summed E-state index contributed by atoms with van der Waals surface area (Å²) in [5.74, 6) is 0.841. The summed E-state index contributed by atoms with van der Waals surface area (Å²) in [5, 5.41) is 5.52. The minimum Gasteiger partial charge on any atom is -0.475 e. The fourth-order valence-corrected chi connectivity index (χ4v) is 3.66. The van der Waals surface area contributed by atoms with Crippen molar-refractivity contribution >= 4 is 33.9 Å². The van der Waals surface area contributed by atoms with Crippen LogP contribution in [0.15, 0.2) is 36.7 Å². The molecule has 0 spiro atoms. The average Bonchev–Trinajstić information content (AvgIpc) is 3.05. The van der Waals surface area contributed by atoms with Crippen LogP contribution in [-0.2, 0) is 4.79 Å². The van der Waals surface area contributed by atoms with Gasteiger partial charge in [0.15, 0.2) is 6.29 Å². The normalized spacial score (nSPS) is 19.7. The molecule has 0 bridgehead atoms. The van der Waals surface area contributed by atoms with E-state index in [-0.39, 0.29) is 17.9 Å².